The average Bonchev–Trinajstić information content (AvgIpc) is 2.69. The molecule has 0 saturated heterocycles. The van der Waals surface area contributed by atoms with Gasteiger partial charge < -0.3 is 15.5 Å². The normalized spacial score (nSPS) is 20.5. The Morgan fingerprint density at radius 2 is 2.47 bits per heavy atom. The molecule has 0 aliphatic carbocycles. The highest BCUT2D eigenvalue weighted by Crippen LogP contribution is 2.24. The van der Waals surface area contributed by atoms with E-state index in [4.69, 9.17) is 15.4 Å². The van der Waals surface area contributed by atoms with Crippen molar-refractivity contribution in [3.63, 3.8) is 0 Å². The molecule has 0 saturated carbocycles. The van der Waals surface area contributed by atoms with E-state index >= 15 is 0 Å². The molecule has 15 heavy (non-hydrogen) atoms. The van der Waals surface area contributed by atoms with E-state index < -0.39 is 5.37 Å². The fourth-order valence-electron chi connectivity index (χ4n) is 1.28. The maximum atomic E-state index is 8.97. The molecule has 0 aromatic carbocycles. The number of nitrogens with zero attached hydrogens (tertiary/aromatic N) is 2. The third kappa shape index (κ3) is 1.69. The third-order valence-electron chi connectivity index (χ3n) is 1.93. The number of hydrogen-bond acceptors (Lipinski definition) is 6. The molecule has 0 amide bonds. The highest BCUT2D eigenvalue weighted by atomic mass is 32.1. The summed E-state index contributed by atoms with van der Waals surface area (Å²) in [6.07, 6.45) is 1.52. The number of nitrogens with two attached hydrogens (primary N) is 1. The molecular weight excluding hydrogens is 212 g/mol. The predicted octanol–water partition coefficient (Wildman–Crippen LogP) is 0.688. The average molecular weight is 220 g/mol. The number of nitriles is 1. The topological polar surface area (TPSA) is 87.3 Å². The Bertz CT molecular complexity index is 469. The SMILES string of the molecule is N#CC1=C(c2ccco2)NC(N)=NC1S. The highest BCUT2D eigenvalue weighted by Gasteiger charge is 2.22. The molecule has 0 fully saturated rings. The second-order valence-corrected chi connectivity index (χ2v) is 3.38. The lowest BCUT2D eigenvalue weighted by atomic mass is 10.1. The van der Waals surface area contributed by atoms with Gasteiger partial charge in [-0.05, 0) is 12.1 Å². The molecule has 1 aliphatic rings. The monoisotopic (exact) mass is 220 g/mol. The maximum Gasteiger partial charge on any atom is 0.194 e. The first kappa shape index (κ1) is 9.68. The van der Waals surface area contributed by atoms with Gasteiger partial charge in [0.1, 0.15) is 17.1 Å². The van der Waals surface area contributed by atoms with Gasteiger partial charge in [-0.2, -0.15) is 5.26 Å². The van der Waals surface area contributed by atoms with Gasteiger partial charge in [-0.3, -0.25) is 0 Å². The molecule has 1 aromatic rings. The lowest BCUT2D eigenvalue weighted by Crippen LogP contribution is -2.36. The Kier molecular flexibility index (Phi) is 2.39. The Morgan fingerprint density at radius 3 is 3.07 bits per heavy atom. The Hall–Kier alpha value is -1.87. The second-order valence-electron chi connectivity index (χ2n) is 2.89. The molecule has 1 unspecified atom stereocenters. The molecule has 2 heterocycles. The van der Waals surface area contributed by atoms with Crippen LogP contribution in [0.2, 0.25) is 0 Å². The lowest BCUT2D eigenvalue weighted by Gasteiger charge is -2.18. The van der Waals surface area contributed by atoms with Crippen LogP contribution >= 0.6 is 12.6 Å². The van der Waals surface area contributed by atoms with Gasteiger partial charge in [-0.25, -0.2) is 4.99 Å². The van der Waals surface area contributed by atoms with Gasteiger partial charge in [-0.1, -0.05) is 0 Å². The summed E-state index contributed by atoms with van der Waals surface area (Å²) < 4.78 is 5.19. The van der Waals surface area contributed by atoms with Crippen LogP contribution in [0.4, 0.5) is 0 Å². The molecule has 6 heteroatoms. The van der Waals surface area contributed by atoms with Crippen molar-refractivity contribution in [2.24, 2.45) is 10.7 Å². The fraction of sp³-hybridized carbons (Fsp3) is 0.111. The number of guanidine groups is 1. The van der Waals surface area contributed by atoms with Crippen molar-refractivity contribution in [1.82, 2.24) is 5.32 Å². The van der Waals surface area contributed by atoms with Gasteiger partial charge in [0.2, 0.25) is 0 Å². The second kappa shape index (κ2) is 3.71. The van der Waals surface area contributed by atoms with Crippen molar-refractivity contribution in [2.45, 2.75) is 5.37 Å². The van der Waals surface area contributed by atoms with E-state index in [1.165, 1.54) is 6.26 Å². The highest BCUT2D eigenvalue weighted by molar-refractivity contribution is 7.81. The van der Waals surface area contributed by atoms with Crippen molar-refractivity contribution in [2.75, 3.05) is 0 Å². The number of nitrogens with one attached hydrogen (secondary N) is 1. The largest absolute Gasteiger partial charge is 0.463 e. The van der Waals surface area contributed by atoms with Crippen molar-refractivity contribution in [3.8, 4) is 6.07 Å². The van der Waals surface area contributed by atoms with Crippen molar-refractivity contribution < 1.29 is 4.42 Å². The zero-order chi connectivity index (χ0) is 10.8. The fourth-order valence-corrected chi connectivity index (χ4v) is 1.59. The molecule has 2 rings (SSSR count). The molecule has 0 radical (unpaired) electrons. The van der Waals surface area contributed by atoms with Crippen molar-refractivity contribution >= 4 is 24.3 Å². The van der Waals surface area contributed by atoms with Gasteiger partial charge in [0, 0.05) is 0 Å². The Balaban J connectivity index is 2.48. The van der Waals surface area contributed by atoms with E-state index in [9.17, 15) is 0 Å². The Morgan fingerprint density at radius 1 is 1.67 bits per heavy atom. The zero-order valence-corrected chi connectivity index (χ0v) is 8.53. The van der Waals surface area contributed by atoms with Crippen molar-refractivity contribution in [1.29, 1.82) is 5.26 Å². The van der Waals surface area contributed by atoms with Gasteiger partial charge in [0.15, 0.2) is 11.7 Å². The lowest BCUT2D eigenvalue weighted by molar-refractivity contribution is 0.549. The first-order chi connectivity index (χ1) is 7.22. The maximum absolute atomic E-state index is 8.97. The third-order valence-corrected chi connectivity index (χ3v) is 2.30. The van der Waals surface area contributed by atoms with Crippen LogP contribution in [0.1, 0.15) is 5.76 Å². The van der Waals surface area contributed by atoms with Gasteiger partial charge >= 0.3 is 0 Å². The van der Waals surface area contributed by atoms with E-state index in [2.05, 4.69) is 22.9 Å². The van der Waals surface area contributed by atoms with E-state index in [0.717, 1.165) is 0 Å². The van der Waals surface area contributed by atoms with E-state index in [-0.39, 0.29) is 5.96 Å². The van der Waals surface area contributed by atoms with E-state index in [1.54, 1.807) is 12.1 Å². The molecule has 1 atom stereocenters. The number of rotatable bonds is 1. The molecule has 0 spiro atoms. The smallest absolute Gasteiger partial charge is 0.194 e. The minimum absolute atomic E-state index is 0.223. The van der Waals surface area contributed by atoms with Crippen molar-refractivity contribution in [3.05, 3.63) is 29.7 Å². The summed E-state index contributed by atoms with van der Waals surface area (Å²) >= 11 is 4.16. The summed E-state index contributed by atoms with van der Waals surface area (Å²) in [5, 5.41) is 11.2. The van der Waals surface area contributed by atoms with Crippen LogP contribution in [-0.4, -0.2) is 11.3 Å². The van der Waals surface area contributed by atoms with Gasteiger partial charge in [-0.15, -0.1) is 12.6 Å². The molecule has 0 bridgehead atoms. The van der Waals surface area contributed by atoms with Gasteiger partial charge in [0.25, 0.3) is 0 Å². The summed E-state index contributed by atoms with van der Waals surface area (Å²) in [6, 6.07) is 5.50. The minimum Gasteiger partial charge on any atom is -0.463 e. The molecule has 1 aliphatic heterocycles. The van der Waals surface area contributed by atoms with E-state index in [1.807, 2.05) is 6.07 Å². The number of furan rings is 1. The zero-order valence-electron chi connectivity index (χ0n) is 7.64. The quantitative estimate of drug-likeness (QED) is 0.607. The van der Waals surface area contributed by atoms with Crippen LogP contribution in [0.3, 0.4) is 0 Å². The minimum atomic E-state index is -0.545. The van der Waals surface area contributed by atoms with Crippen LogP contribution in [0.15, 0.2) is 33.4 Å². The number of hydrogen-bond donors (Lipinski definition) is 3. The molecule has 5 nitrogen and oxygen atoms in total. The van der Waals surface area contributed by atoms with Crippen LogP contribution in [-0.2, 0) is 0 Å². The summed E-state index contributed by atoms with van der Waals surface area (Å²) in [7, 11) is 0. The molecule has 3 N–H and O–H groups in total. The molecular formula is C9H8N4OS. The number of aliphatic imine (C=N–C) groups is 1. The summed E-state index contributed by atoms with van der Waals surface area (Å²) in [6.45, 7) is 0. The molecule has 1 aromatic heterocycles. The van der Waals surface area contributed by atoms with Gasteiger partial charge in [0.05, 0.1) is 11.8 Å². The summed E-state index contributed by atoms with van der Waals surface area (Å²) in [4.78, 5) is 3.92. The standard InChI is InChI=1S/C9H8N4OS/c10-4-5-7(6-2-1-3-14-6)12-9(11)13-8(5)15/h1-3,8,15H,(H3,11,12,13). The van der Waals surface area contributed by atoms with Crippen LogP contribution in [0.5, 0.6) is 0 Å². The Labute approximate surface area is 91.7 Å². The number of thiol groups is 1. The first-order valence-corrected chi connectivity index (χ1v) is 4.70. The predicted molar refractivity (Wildman–Crippen MR) is 58.8 cm³/mol. The van der Waals surface area contributed by atoms with Crippen LogP contribution < -0.4 is 11.1 Å². The van der Waals surface area contributed by atoms with Crippen LogP contribution in [0.25, 0.3) is 5.70 Å². The molecule has 76 valence electrons. The summed E-state index contributed by atoms with van der Waals surface area (Å²) in [5.74, 6) is 0.767. The van der Waals surface area contributed by atoms with Crippen LogP contribution in [0, 0.1) is 11.3 Å². The summed E-state index contributed by atoms with van der Waals surface area (Å²) in [5.41, 5.74) is 6.46. The first-order valence-electron chi connectivity index (χ1n) is 4.19. The van der Waals surface area contributed by atoms with E-state index in [0.29, 0.717) is 17.0 Å².